The van der Waals surface area contributed by atoms with Gasteiger partial charge >= 0.3 is 0 Å². The molecule has 0 bridgehead atoms. The summed E-state index contributed by atoms with van der Waals surface area (Å²) >= 11 is 0. The zero-order valence-electron chi connectivity index (χ0n) is 14.5. The van der Waals surface area contributed by atoms with E-state index >= 15 is 0 Å². The van der Waals surface area contributed by atoms with Crippen molar-refractivity contribution in [3.63, 3.8) is 0 Å². The molecule has 4 heteroatoms. The molecule has 132 valence electrons. The standard InChI is InChI=1S/C19H33NO3/c1-18-5-3-11(21)7-10(18)8-14(22)16-12(18)4-6-19(2)13(16)9-15(23)17(19)20/h10-17,21-23H,3-9,20H2,1-2H3/t10-,11+,12-,13-,14-,15+,16+,17-,18-,19-/m0/s1. The van der Waals surface area contributed by atoms with E-state index in [0.717, 1.165) is 44.9 Å². The van der Waals surface area contributed by atoms with Crippen LogP contribution in [0.1, 0.15) is 58.8 Å². The first kappa shape index (κ1) is 16.3. The lowest BCUT2D eigenvalue weighted by molar-refractivity contribution is -0.169. The molecule has 4 rings (SSSR count). The van der Waals surface area contributed by atoms with Gasteiger partial charge in [0.15, 0.2) is 0 Å². The number of rotatable bonds is 0. The minimum absolute atomic E-state index is 0.0288. The molecule has 4 aliphatic carbocycles. The summed E-state index contributed by atoms with van der Waals surface area (Å²) in [6.07, 6.45) is 5.65. The maximum absolute atomic E-state index is 11.0. The van der Waals surface area contributed by atoms with Crippen molar-refractivity contribution in [3.05, 3.63) is 0 Å². The van der Waals surface area contributed by atoms with Gasteiger partial charge in [0, 0.05) is 6.04 Å². The van der Waals surface area contributed by atoms with Gasteiger partial charge in [0.05, 0.1) is 18.3 Å². The molecule has 23 heavy (non-hydrogen) atoms. The van der Waals surface area contributed by atoms with E-state index in [4.69, 9.17) is 5.73 Å². The third-order valence-electron chi connectivity index (χ3n) is 8.76. The summed E-state index contributed by atoms with van der Waals surface area (Å²) in [7, 11) is 0. The summed E-state index contributed by atoms with van der Waals surface area (Å²) in [6, 6.07) is -0.153. The van der Waals surface area contributed by atoms with Crippen LogP contribution in [-0.2, 0) is 0 Å². The van der Waals surface area contributed by atoms with E-state index < -0.39 is 6.10 Å². The average Bonchev–Trinajstić information content (AvgIpc) is 2.73. The smallest absolute Gasteiger partial charge is 0.0699 e. The van der Waals surface area contributed by atoms with Crippen LogP contribution >= 0.6 is 0 Å². The van der Waals surface area contributed by atoms with Gasteiger partial charge in [0.1, 0.15) is 0 Å². The first-order valence-electron chi connectivity index (χ1n) is 9.57. The highest BCUT2D eigenvalue weighted by atomic mass is 16.3. The summed E-state index contributed by atoms with van der Waals surface area (Å²) in [6.45, 7) is 4.64. The number of nitrogens with two attached hydrogens (primary N) is 1. The maximum atomic E-state index is 11.0. The van der Waals surface area contributed by atoms with Gasteiger partial charge in [-0.3, -0.25) is 0 Å². The SMILES string of the molecule is C[C@]12CC[C@@H](O)C[C@H]1C[C@H](O)[C@@H]1[C@@H]2CC[C@]2(C)[C@@H](N)[C@H](O)C[C@@H]12. The topological polar surface area (TPSA) is 86.7 Å². The van der Waals surface area contributed by atoms with Crippen LogP contribution in [0.4, 0.5) is 0 Å². The van der Waals surface area contributed by atoms with E-state index in [9.17, 15) is 15.3 Å². The molecule has 0 amide bonds. The molecule has 4 fully saturated rings. The minimum atomic E-state index is -0.422. The maximum Gasteiger partial charge on any atom is 0.0699 e. The molecule has 0 heterocycles. The van der Waals surface area contributed by atoms with Gasteiger partial charge in [-0.05, 0) is 79.4 Å². The number of aliphatic hydroxyl groups excluding tert-OH is 3. The van der Waals surface area contributed by atoms with Gasteiger partial charge in [-0.1, -0.05) is 13.8 Å². The molecule has 4 aliphatic rings. The normalized spacial score (nSPS) is 62.3. The van der Waals surface area contributed by atoms with Crippen molar-refractivity contribution in [2.75, 3.05) is 0 Å². The first-order chi connectivity index (χ1) is 10.8. The lowest BCUT2D eigenvalue weighted by Gasteiger charge is -2.62. The quantitative estimate of drug-likeness (QED) is 0.546. The third kappa shape index (κ3) is 2.11. The average molecular weight is 323 g/mol. The Morgan fingerprint density at radius 3 is 2.26 bits per heavy atom. The van der Waals surface area contributed by atoms with Gasteiger partial charge in [0.25, 0.3) is 0 Å². The van der Waals surface area contributed by atoms with Crippen molar-refractivity contribution in [3.8, 4) is 0 Å². The van der Waals surface area contributed by atoms with Crippen LogP contribution < -0.4 is 5.73 Å². The Morgan fingerprint density at radius 2 is 1.52 bits per heavy atom. The van der Waals surface area contributed by atoms with Crippen molar-refractivity contribution < 1.29 is 15.3 Å². The molecule has 0 aliphatic heterocycles. The van der Waals surface area contributed by atoms with Crippen LogP contribution in [0, 0.1) is 34.5 Å². The van der Waals surface area contributed by atoms with Crippen LogP contribution in [-0.4, -0.2) is 39.7 Å². The highest BCUT2D eigenvalue weighted by Gasteiger charge is 2.63. The number of fused-ring (bicyclic) bond motifs is 5. The molecule has 4 nitrogen and oxygen atoms in total. The Morgan fingerprint density at radius 1 is 0.826 bits per heavy atom. The molecule has 10 atom stereocenters. The first-order valence-corrected chi connectivity index (χ1v) is 9.57. The molecule has 0 radical (unpaired) electrons. The highest BCUT2D eigenvalue weighted by molar-refractivity contribution is 5.14. The molecule has 0 aromatic heterocycles. The molecule has 4 saturated carbocycles. The largest absolute Gasteiger partial charge is 0.393 e. The van der Waals surface area contributed by atoms with Crippen molar-refractivity contribution >= 4 is 0 Å². The Balaban J connectivity index is 1.68. The lowest BCUT2D eigenvalue weighted by Crippen LogP contribution is -2.59. The predicted octanol–water partition coefficient (Wildman–Crippen LogP) is 1.66. The Bertz CT molecular complexity index is 485. The van der Waals surface area contributed by atoms with Gasteiger partial charge in [-0.25, -0.2) is 0 Å². The zero-order chi connectivity index (χ0) is 16.6. The van der Waals surface area contributed by atoms with Crippen LogP contribution in [0.2, 0.25) is 0 Å². The predicted molar refractivity (Wildman–Crippen MR) is 88.5 cm³/mol. The second-order valence-corrected chi connectivity index (χ2v) is 9.60. The molecule has 0 spiro atoms. The van der Waals surface area contributed by atoms with Crippen LogP contribution in [0.3, 0.4) is 0 Å². The Kier molecular flexibility index (Phi) is 3.67. The minimum Gasteiger partial charge on any atom is -0.393 e. The molecule has 0 unspecified atom stereocenters. The fourth-order valence-electron chi connectivity index (χ4n) is 7.26. The summed E-state index contributed by atoms with van der Waals surface area (Å²) < 4.78 is 0. The number of hydrogen-bond acceptors (Lipinski definition) is 4. The van der Waals surface area contributed by atoms with E-state index in [-0.39, 0.29) is 35.0 Å². The second kappa shape index (κ2) is 5.17. The number of aliphatic hydroxyl groups is 3. The van der Waals surface area contributed by atoms with Crippen molar-refractivity contribution in [2.45, 2.75) is 83.1 Å². The van der Waals surface area contributed by atoms with Gasteiger partial charge < -0.3 is 21.1 Å². The van der Waals surface area contributed by atoms with Crippen molar-refractivity contribution in [2.24, 2.45) is 40.2 Å². The molecule has 5 N–H and O–H groups in total. The Hall–Kier alpha value is -0.160. The van der Waals surface area contributed by atoms with E-state index in [1.165, 1.54) is 0 Å². The highest BCUT2D eigenvalue weighted by Crippen LogP contribution is 2.65. The summed E-state index contributed by atoms with van der Waals surface area (Å²) in [5.41, 5.74) is 6.56. The van der Waals surface area contributed by atoms with Gasteiger partial charge in [-0.2, -0.15) is 0 Å². The van der Waals surface area contributed by atoms with E-state index in [1.54, 1.807) is 0 Å². The third-order valence-corrected chi connectivity index (χ3v) is 8.76. The summed E-state index contributed by atoms with van der Waals surface area (Å²) in [5.74, 6) is 1.56. The summed E-state index contributed by atoms with van der Waals surface area (Å²) in [4.78, 5) is 0. The molecule has 0 aromatic carbocycles. The fourth-order valence-corrected chi connectivity index (χ4v) is 7.26. The Labute approximate surface area is 139 Å². The lowest BCUT2D eigenvalue weighted by atomic mass is 9.44. The zero-order valence-corrected chi connectivity index (χ0v) is 14.5. The van der Waals surface area contributed by atoms with Crippen LogP contribution in [0.15, 0.2) is 0 Å². The molecular formula is C19H33NO3. The molecular weight excluding hydrogens is 290 g/mol. The van der Waals surface area contributed by atoms with Gasteiger partial charge in [0.2, 0.25) is 0 Å². The van der Waals surface area contributed by atoms with E-state index in [1.807, 2.05) is 0 Å². The van der Waals surface area contributed by atoms with Crippen molar-refractivity contribution in [1.29, 1.82) is 0 Å². The monoisotopic (exact) mass is 323 g/mol. The number of hydrogen-bond donors (Lipinski definition) is 4. The van der Waals surface area contributed by atoms with Crippen LogP contribution in [0.25, 0.3) is 0 Å². The van der Waals surface area contributed by atoms with Crippen LogP contribution in [0.5, 0.6) is 0 Å². The van der Waals surface area contributed by atoms with E-state index in [0.29, 0.717) is 17.8 Å². The van der Waals surface area contributed by atoms with E-state index in [2.05, 4.69) is 13.8 Å². The fraction of sp³-hybridized carbons (Fsp3) is 1.00. The summed E-state index contributed by atoms with van der Waals surface area (Å²) in [5, 5.41) is 31.4. The second-order valence-electron chi connectivity index (χ2n) is 9.60. The van der Waals surface area contributed by atoms with Gasteiger partial charge in [-0.15, -0.1) is 0 Å². The molecule has 0 saturated heterocycles. The van der Waals surface area contributed by atoms with Crippen molar-refractivity contribution in [1.82, 2.24) is 0 Å². The molecule has 0 aromatic rings.